The van der Waals surface area contributed by atoms with Gasteiger partial charge in [0, 0.05) is 19.1 Å². The summed E-state index contributed by atoms with van der Waals surface area (Å²) < 4.78 is 0. The molecule has 0 saturated carbocycles. The summed E-state index contributed by atoms with van der Waals surface area (Å²) in [6.07, 6.45) is 2.00. The van der Waals surface area contributed by atoms with E-state index in [9.17, 15) is 9.59 Å². The van der Waals surface area contributed by atoms with Crippen molar-refractivity contribution in [3.05, 3.63) is 34.3 Å². The predicted molar refractivity (Wildman–Crippen MR) is 82.4 cm³/mol. The molecule has 2 rings (SSSR count). The van der Waals surface area contributed by atoms with Gasteiger partial charge in [-0.3, -0.25) is 9.69 Å². The first-order valence-electron chi connectivity index (χ1n) is 7.19. The minimum Gasteiger partial charge on any atom is -0.478 e. The lowest BCUT2D eigenvalue weighted by atomic mass is 10.1. The van der Waals surface area contributed by atoms with E-state index >= 15 is 0 Å². The van der Waals surface area contributed by atoms with Gasteiger partial charge in [-0.05, 0) is 37.6 Å². The molecule has 1 aliphatic heterocycles. The number of aliphatic hydroxyl groups excluding tert-OH is 1. The van der Waals surface area contributed by atoms with Crippen molar-refractivity contribution in [3.63, 3.8) is 0 Å². The number of halogens is 1. The molecule has 1 atom stereocenters. The largest absolute Gasteiger partial charge is 0.478 e. The molecular formula is C15H19ClN2O4. The molecule has 1 saturated heterocycles. The molecule has 0 aliphatic carbocycles. The van der Waals surface area contributed by atoms with Crippen molar-refractivity contribution in [2.24, 2.45) is 0 Å². The number of carbonyl (C=O) groups is 2. The monoisotopic (exact) mass is 326 g/mol. The highest BCUT2D eigenvalue weighted by Gasteiger charge is 2.24. The molecule has 6 nitrogen and oxygen atoms in total. The Morgan fingerprint density at radius 2 is 2.18 bits per heavy atom. The third-order valence-electron chi connectivity index (χ3n) is 3.84. The number of carbonyl (C=O) groups excluding carboxylic acids is 1. The van der Waals surface area contributed by atoms with Crippen molar-refractivity contribution in [2.45, 2.75) is 18.9 Å². The van der Waals surface area contributed by atoms with Crippen LogP contribution in [0.4, 0.5) is 0 Å². The SMILES string of the molecule is O=C(O)c1ccc(Cl)c(C(=O)NCC2CCCN2CCO)c1. The van der Waals surface area contributed by atoms with Gasteiger partial charge in [0.15, 0.2) is 0 Å². The molecule has 1 fully saturated rings. The molecule has 0 radical (unpaired) electrons. The number of amides is 1. The predicted octanol–water partition coefficient (Wildman–Crippen LogP) is 1.22. The number of carboxylic acids is 1. The number of nitrogens with one attached hydrogen (secondary N) is 1. The van der Waals surface area contributed by atoms with Crippen LogP contribution in [-0.2, 0) is 0 Å². The maximum atomic E-state index is 12.2. The molecule has 1 heterocycles. The highest BCUT2D eigenvalue weighted by atomic mass is 35.5. The van der Waals surface area contributed by atoms with Crippen LogP contribution in [0, 0.1) is 0 Å². The van der Waals surface area contributed by atoms with E-state index in [0.717, 1.165) is 19.4 Å². The minimum atomic E-state index is -1.10. The van der Waals surface area contributed by atoms with Crippen LogP contribution in [-0.4, -0.2) is 59.3 Å². The molecule has 0 bridgehead atoms. The van der Waals surface area contributed by atoms with Gasteiger partial charge in [0.1, 0.15) is 0 Å². The van der Waals surface area contributed by atoms with Gasteiger partial charge in [0.25, 0.3) is 5.91 Å². The Balaban J connectivity index is 2.00. The van der Waals surface area contributed by atoms with E-state index in [2.05, 4.69) is 10.2 Å². The van der Waals surface area contributed by atoms with E-state index in [1.54, 1.807) is 0 Å². The van der Waals surface area contributed by atoms with Crippen LogP contribution in [0.3, 0.4) is 0 Å². The van der Waals surface area contributed by atoms with Gasteiger partial charge in [-0.1, -0.05) is 11.6 Å². The quantitative estimate of drug-likeness (QED) is 0.731. The highest BCUT2D eigenvalue weighted by Crippen LogP contribution is 2.19. The Kier molecular flexibility index (Phi) is 5.76. The standard InChI is InChI=1S/C15H19ClN2O4/c16-13-4-3-10(15(21)22)8-12(13)14(20)17-9-11-2-1-5-18(11)6-7-19/h3-4,8,11,19H,1-2,5-7,9H2,(H,17,20)(H,21,22). The van der Waals surface area contributed by atoms with Crippen molar-refractivity contribution >= 4 is 23.5 Å². The zero-order valence-corrected chi connectivity index (χ0v) is 12.8. The van der Waals surface area contributed by atoms with E-state index in [1.165, 1.54) is 18.2 Å². The molecule has 1 aliphatic rings. The lowest BCUT2D eigenvalue weighted by Gasteiger charge is -2.23. The smallest absolute Gasteiger partial charge is 0.335 e. The number of aromatic carboxylic acids is 1. The molecule has 1 aromatic rings. The summed E-state index contributed by atoms with van der Waals surface area (Å²) in [6, 6.07) is 4.24. The van der Waals surface area contributed by atoms with E-state index < -0.39 is 5.97 Å². The average Bonchev–Trinajstić information content (AvgIpc) is 2.92. The number of rotatable bonds is 6. The van der Waals surface area contributed by atoms with Crippen LogP contribution >= 0.6 is 11.6 Å². The van der Waals surface area contributed by atoms with Crippen LogP contribution in [0.2, 0.25) is 5.02 Å². The number of likely N-dealkylation sites (tertiary alicyclic amines) is 1. The summed E-state index contributed by atoms with van der Waals surface area (Å²) in [7, 11) is 0. The summed E-state index contributed by atoms with van der Waals surface area (Å²) in [5.41, 5.74) is 0.186. The van der Waals surface area contributed by atoms with Crippen LogP contribution in [0.25, 0.3) is 0 Å². The molecule has 3 N–H and O–H groups in total. The van der Waals surface area contributed by atoms with Crippen LogP contribution in [0.1, 0.15) is 33.6 Å². The minimum absolute atomic E-state index is 0.0253. The molecule has 1 unspecified atom stereocenters. The second kappa shape index (κ2) is 7.58. The number of hydrogen-bond acceptors (Lipinski definition) is 4. The van der Waals surface area contributed by atoms with Crippen molar-refractivity contribution in [2.75, 3.05) is 26.2 Å². The lowest BCUT2D eigenvalue weighted by molar-refractivity contribution is 0.0697. The first-order valence-corrected chi connectivity index (χ1v) is 7.56. The van der Waals surface area contributed by atoms with Crippen LogP contribution in [0.5, 0.6) is 0 Å². The van der Waals surface area contributed by atoms with Gasteiger partial charge >= 0.3 is 5.97 Å². The van der Waals surface area contributed by atoms with Crippen molar-refractivity contribution in [1.29, 1.82) is 0 Å². The normalized spacial score (nSPS) is 18.4. The Morgan fingerprint density at radius 1 is 1.41 bits per heavy atom. The van der Waals surface area contributed by atoms with Crippen molar-refractivity contribution < 1.29 is 19.8 Å². The van der Waals surface area contributed by atoms with Gasteiger partial charge in [-0.15, -0.1) is 0 Å². The third kappa shape index (κ3) is 3.97. The summed E-state index contributed by atoms with van der Waals surface area (Å²) in [5.74, 6) is -1.49. The maximum absolute atomic E-state index is 12.2. The Bertz CT molecular complexity index is 564. The summed E-state index contributed by atoms with van der Waals surface area (Å²) in [4.78, 5) is 25.3. The molecule has 1 aromatic carbocycles. The summed E-state index contributed by atoms with van der Waals surface area (Å²) >= 11 is 5.97. The molecule has 7 heteroatoms. The zero-order chi connectivity index (χ0) is 16.1. The van der Waals surface area contributed by atoms with E-state index in [4.69, 9.17) is 21.8 Å². The first-order chi connectivity index (χ1) is 10.5. The summed E-state index contributed by atoms with van der Waals surface area (Å²) in [6.45, 7) is 2.05. The topological polar surface area (TPSA) is 89.9 Å². The molecule has 22 heavy (non-hydrogen) atoms. The number of hydrogen-bond donors (Lipinski definition) is 3. The van der Waals surface area contributed by atoms with Gasteiger partial charge in [0.2, 0.25) is 0 Å². The van der Waals surface area contributed by atoms with Crippen LogP contribution in [0.15, 0.2) is 18.2 Å². The van der Waals surface area contributed by atoms with Gasteiger partial charge in [-0.2, -0.15) is 0 Å². The number of benzene rings is 1. The average molecular weight is 327 g/mol. The van der Waals surface area contributed by atoms with E-state index in [0.29, 0.717) is 13.1 Å². The molecular weight excluding hydrogens is 308 g/mol. The first kappa shape index (κ1) is 16.7. The second-order valence-electron chi connectivity index (χ2n) is 5.27. The Hall–Kier alpha value is -1.63. The van der Waals surface area contributed by atoms with Gasteiger partial charge in [-0.25, -0.2) is 4.79 Å². The molecule has 0 aromatic heterocycles. The number of β-amino-alcohol motifs (C(OH)–C–C–N with tert-alkyl or cyclic N) is 1. The van der Waals surface area contributed by atoms with Gasteiger partial charge in [0.05, 0.1) is 22.8 Å². The molecule has 0 spiro atoms. The fraction of sp³-hybridized carbons (Fsp3) is 0.467. The van der Waals surface area contributed by atoms with E-state index in [-0.39, 0.29) is 34.7 Å². The van der Waals surface area contributed by atoms with Crippen LogP contribution < -0.4 is 5.32 Å². The number of nitrogens with zero attached hydrogens (tertiary/aromatic N) is 1. The zero-order valence-electron chi connectivity index (χ0n) is 12.1. The lowest BCUT2D eigenvalue weighted by Crippen LogP contribution is -2.41. The van der Waals surface area contributed by atoms with Crippen molar-refractivity contribution in [3.8, 4) is 0 Å². The fourth-order valence-corrected chi connectivity index (χ4v) is 2.89. The Labute approximate surface area is 133 Å². The number of aliphatic hydroxyl groups is 1. The summed E-state index contributed by atoms with van der Waals surface area (Å²) in [5, 5.41) is 21.0. The highest BCUT2D eigenvalue weighted by molar-refractivity contribution is 6.34. The number of carboxylic acid groups (broad SMARTS) is 1. The molecule has 120 valence electrons. The Morgan fingerprint density at radius 3 is 2.86 bits per heavy atom. The second-order valence-corrected chi connectivity index (χ2v) is 5.67. The fourth-order valence-electron chi connectivity index (χ4n) is 2.69. The van der Waals surface area contributed by atoms with Crippen molar-refractivity contribution in [1.82, 2.24) is 10.2 Å². The maximum Gasteiger partial charge on any atom is 0.335 e. The molecule has 1 amide bonds. The van der Waals surface area contributed by atoms with Gasteiger partial charge < -0.3 is 15.5 Å². The van der Waals surface area contributed by atoms with E-state index in [1.807, 2.05) is 0 Å². The third-order valence-corrected chi connectivity index (χ3v) is 4.17.